The van der Waals surface area contributed by atoms with Gasteiger partial charge in [0.1, 0.15) is 0 Å². The number of anilines is 1. The van der Waals surface area contributed by atoms with Crippen LogP contribution >= 0.6 is 11.6 Å². The topological polar surface area (TPSA) is 83.9 Å². The highest BCUT2D eigenvalue weighted by molar-refractivity contribution is 6.34. The summed E-state index contributed by atoms with van der Waals surface area (Å²) < 4.78 is 4.62. The summed E-state index contributed by atoms with van der Waals surface area (Å²) >= 11 is 6.01. The van der Waals surface area contributed by atoms with Crippen LogP contribution in [0.1, 0.15) is 16.8 Å². The van der Waals surface area contributed by atoms with Gasteiger partial charge in [-0.15, -0.1) is 0 Å². The van der Waals surface area contributed by atoms with E-state index >= 15 is 0 Å². The van der Waals surface area contributed by atoms with Crippen LogP contribution in [0.4, 0.5) is 5.69 Å². The Bertz CT molecular complexity index is 586. The highest BCUT2D eigenvalue weighted by atomic mass is 35.5. The molecule has 1 amide bonds. The summed E-state index contributed by atoms with van der Waals surface area (Å²) in [5, 5.41) is 9.02. The lowest BCUT2D eigenvalue weighted by atomic mass is 10.1. The number of hydrogen-bond acceptors (Lipinski definition) is 4. The molecule has 1 saturated heterocycles. The summed E-state index contributed by atoms with van der Waals surface area (Å²) in [5.41, 5.74) is 0.433. The van der Waals surface area contributed by atoms with E-state index in [0.717, 1.165) is 0 Å². The van der Waals surface area contributed by atoms with Crippen LogP contribution in [0.5, 0.6) is 0 Å². The Labute approximate surface area is 119 Å². The molecule has 1 N–H and O–H groups in total. The van der Waals surface area contributed by atoms with Gasteiger partial charge < -0.3 is 14.7 Å². The lowest BCUT2D eigenvalue weighted by Gasteiger charge is -2.18. The van der Waals surface area contributed by atoms with E-state index in [-0.39, 0.29) is 29.5 Å². The van der Waals surface area contributed by atoms with Gasteiger partial charge in [0.05, 0.1) is 29.3 Å². The molecular weight excluding hydrogens is 286 g/mol. The second-order valence-corrected chi connectivity index (χ2v) is 4.81. The molecule has 2 rings (SSSR count). The zero-order chi connectivity index (χ0) is 14.9. The normalized spacial score (nSPS) is 18.2. The highest BCUT2D eigenvalue weighted by Gasteiger charge is 2.36. The maximum absolute atomic E-state index is 11.9. The summed E-state index contributed by atoms with van der Waals surface area (Å²) in [4.78, 5) is 35.6. The van der Waals surface area contributed by atoms with Crippen LogP contribution in [0.25, 0.3) is 0 Å². The van der Waals surface area contributed by atoms with E-state index < -0.39 is 17.9 Å². The molecule has 1 fully saturated rings. The smallest absolute Gasteiger partial charge is 0.335 e. The number of nitrogens with zero attached hydrogens (tertiary/aromatic N) is 1. The zero-order valence-electron chi connectivity index (χ0n) is 10.6. The minimum atomic E-state index is -1.10. The van der Waals surface area contributed by atoms with Crippen LogP contribution < -0.4 is 4.90 Å². The number of carbonyl (C=O) groups excluding carboxylic acids is 2. The van der Waals surface area contributed by atoms with Crippen molar-refractivity contribution in [1.29, 1.82) is 0 Å². The molecule has 0 spiro atoms. The zero-order valence-corrected chi connectivity index (χ0v) is 11.4. The molecule has 6 nitrogen and oxygen atoms in total. The van der Waals surface area contributed by atoms with Crippen molar-refractivity contribution in [2.75, 3.05) is 18.6 Å². The van der Waals surface area contributed by atoms with Crippen LogP contribution in [0, 0.1) is 5.92 Å². The van der Waals surface area contributed by atoms with E-state index in [1.54, 1.807) is 0 Å². The van der Waals surface area contributed by atoms with Gasteiger partial charge in [-0.25, -0.2) is 4.79 Å². The van der Waals surface area contributed by atoms with E-state index in [1.807, 2.05) is 0 Å². The Morgan fingerprint density at radius 1 is 1.45 bits per heavy atom. The maximum Gasteiger partial charge on any atom is 0.335 e. The van der Waals surface area contributed by atoms with E-state index in [0.29, 0.717) is 5.69 Å². The lowest BCUT2D eigenvalue weighted by molar-refractivity contribution is -0.145. The predicted octanol–water partition coefficient (Wildman–Crippen LogP) is 1.56. The largest absolute Gasteiger partial charge is 0.478 e. The van der Waals surface area contributed by atoms with Crippen molar-refractivity contribution >= 4 is 35.1 Å². The highest BCUT2D eigenvalue weighted by Crippen LogP contribution is 2.32. The molecule has 1 aromatic rings. The molecule has 1 aliphatic heterocycles. The Kier molecular flexibility index (Phi) is 3.94. The summed E-state index contributed by atoms with van der Waals surface area (Å²) in [5.74, 6) is -2.31. The number of halogens is 1. The van der Waals surface area contributed by atoms with Crippen molar-refractivity contribution in [1.82, 2.24) is 0 Å². The van der Waals surface area contributed by atoms with Gasteiger partial charge >= 0.3 is 11.9 Å². The Morgan fingerprint density at radius 3 is 2.70 bits per heavy atom. The monoisotopic (exact) mass is 297 g/mol. The standard InChI is InChI=1S/C13H12ClNO5/c1-20-13(19)8-5-11(16)15(6-8)10-3-2-7(12(17)18)4-9(10)14/h2-4,8H,5-6H2,1H3,(H,17,18). The van der Waals surface area contributed by atoms with Gasteiger partial charge in [0.25, 0.3) is 0 Å². The molecule has 1 aliphatic rings. The first-order chi connectivity index (χ1) is 9.43. The van der Waals surface area contributed by atoms with E-state index in [1.165, 1.54) is 30.2 Å². The number of aromatic carboxylic acids is 1. The minimum absolute atomic E-state index is 0.0370. The summed E-state index contributed by atoms with van der Waals surface area (Å²) in [6, 6.07) is 4.10. The minimum Gasteiger partial charge on any atom is -0.478 e. The van der Waals surface area contributed by atoms with Crippen LogP contribution in [0.15, 0.2) is 18.2 Å². The van der Waals surface area contributed by atoms with Crippen molar-refractivity contribution < 1.29 is 24.2 Å². The number of hydrogen-bond donors (Lipinski definition) is 1. The molecule has 20 heavy (non-hydrogen) atoms. The maximum atomic E-state index is 11.9. The number of rotatable bonds is 3. The van der Waals surface area contributed by atoms with Crippen LogP contribution in [0.2, 0.25) is 5.02 Å². The molecule has 0 radical (unpaired) electrons. The fraction of sp³-hybridized carbons (Fsp3) is 0.308. The van der Waals surface area contributed by atoms with E-state index in [2.05, 4.69) is 4.74 Å². The van der Waals surface area contributed by atoms with Gasteiger partial charge in [-0.2, -0.15) is 0 Å². The molecule has 1 atom stereocenters. The third-order valence-corrected chi connectivity index (χ3v) is 3.45. The van der Waals surface area contributed by atoms with Gasteiger partial charge in [-0.05, 0) is 18.2 Å². The number of methoxy groups -OCH3 is 1. The molecular formula is C13H12ClNO5. The van der Waals surface area contributed by atoms with E-state index in [9.17, 15) is 14.4 Å². The van der Waals surface area contributed by atoms with E-state index in [4.69, 9.17) is 16.7 Å². The predicted molar refractivity (Wildman–Crippen MR) is 70.9 cm³/mol. The average Bonchev–Trinajstić information content (AvgIpc) is 2.79. The fourth-order valence-electron chi connectivity index (χ4n) is 2.12. The van der Waals surface area contributed by atoms with Crippen molar-refractivity contribution in [3.63, 3.8) is 0 Å². The first kappa shape index (κ1) is 14.3. The van der Waals surface area contributed by atoms with Gasteiger partial charge in [0, 0.05) is 13.0 Å². The van der Waals surface area contributed by atoms with Crippen molar-refractivity contribution in [3.05, 3.63) is 28.8 Å². The fourth-order valence-corrected chi connectivity index (χ4v) is 2.41. The summed E-state index contributed by atoms with van der Waals surface area (Å²) in [6.45, 7) is 0.178. The summed E-state index contributed by atoms with van der Waals surface area (Å²) in [6.07, 6.45) is 0.0592. The summed E-state index contributed by atoms with van der Waals surface area (Å²) in [7, 11) is 1.27. The number of carbonyl (C=O) groups is 3. The Morgan fingerprint density at radius 2 is 2.15 bits per heavy atom. The number of ether oxygens (including phenoxy) is 1. The van der Waals surface area contributed by atoms with Gasteiger partial charge in [-0.3, -0.25) is 9.59 Å². The Balaban J connectivity index is 2.26. The average molecular weight is 298 g/mol. The van der Waals surface area contributed by atoms with Crippen LogP contribution in [-0.2, 0) is 14.3 Å². The third-order valence-electron chi connectivity index (χ3n) is 3.14. The Hall–Kier alpha value is -2.08. The van der Waals surface area contributed by atoms with Crippen molar-refractivity contribution in [3.8, 4) is 0 Å². The molecule has 0 aliphatic carbocycles. The van der Waals surface area contributed by atoms with Gasteiger partial charge in [-0.1, -0.05) is 11.6 Å². The molecule has 0 bridgehead atoms. The van der Waals surface area contributed by atoms with Gasteiger partial charge in [0.2, 0.25) is 5.91 Å². The molecule has 1 unspecified atom stereocenters. The second kappa shape index (κ2) is 5.50. The molecule has 1 aromatic carbocycles. The third kappa shape index (κ3) is 2.60. The van der Waals surface area contributed by atoms with Crippen molar-refractivity contribution in [2.24, 2.45) is 5.92 Å². The quantitative estimate of drug-likeness (QED) is 0.856. The van der Waals surface area contributed by atoms with Crippen molar-refractivity contribution in [2.45, 2.75) is 6.42 Å². The SMILES string of the molecule is COC(=O)C1CC(=O)N(c2ccc(C(=O)O)cc2Cl)C1. The number of carboxylic acid groups (broad SMARTS) is 1. The first-order valence-electron chi connectivity index (χ1n) is 5.85. The van der Waals surface area contributed by atoms with Crippen LogP contribution in [0.3, 0.4) is 0 Å². The molecule has 0 saturated carbocycles. The number of benzene rings is 1. The number of esters is 1. The van der Waals surface area contributed by atoms with Gasteiger partial charge in [0.15, 0.2) is 0 Å². The molecule has 1 heterocycles. The first-order valence-corrected chi connectivity index (χ1v) is 6.23. The lowest BCUT2D eigenvalue weighted by Crippen LogP contribution is -2.26. The second-order valence-electron chi connectivity index (χ2n) is 4.40. The molecule has 0 aromatic heterocycles. The number of amides is 1. The van der Waals surface area contributed by atoms with Crippen LogP contribution in [-0.4, -0.2) is 36.6 Å². The molecule has 7 heteroatoms. The molecule has 106 valence electrons. The number of carboxylic acids is 1.